The molecular formula is C15H25N3O. The first-order valence-corrected chi connectivity index (χ1v) is 7.25. The summed E-state index contributed by atoms with van der Waals surface area (Å²) in [7, 11) is 0. The van der Waals surface area contributed by atoms with Crippen LogP contribution in [0.5, 0.6) is 5.75 Å². The number of nitrogen functional groups attached to an aromatic ring is 1. The second kappa shape index (κ2) is 6.66. The summed E-state index contributed by atoms with van der Waals surface area (Å²) in [5.41, 5.74) is 7.81. The summed E-state index contributed by atoms with van der Waals surface area (Å²) >= 11 is 0. The fourth-order valence-corrected chi connectivity index (χ4v) is 2.75. The van der Waals surface area contributed by atoms with Crippen molar-refractivity contribution in [1.82, 2.24) is 4.90 Å². The lowest BCUT2D eigenvalue weighted by atomic mass is 10.2. The highest BCUT2D eigenvalue weighted by Crippen LogP contribution is 2.29. The third-order valence-electron chi connectivity index (χ3n) is 3.80. The number of nitrogens with two attached hydrogens (primary N) is 1. The Morgan fingerprint density at radius 3 is 3.00 bits per heavy atom. The second-order valence-electron chi connectivity index (χ2n) is 4.96. The number of likely N-dealkylation sites (N-methyl/N-ethyl adjacent to an activating group) is 1. The average Bonchev–Trinajstić information content (AvgIpc) is 2.87. The van der Waals surface area contributed by atoms with E-state index in [-0.39, 0.29) is 0 Å². The van der Waals surface area contributed by atoms with Gasteiger partial charge in [0.1, 0.15) is 5.75 Å². The second-order valence-corrected chi connectivity index (χ2v) is 4.96. The Bertz CT molecular complexity index is 408. The van der Waals surface area contributed by atoms with E-state index >= 15 is 0 Å². The van der Waals surface area contributed by atoms with Gasteiger partial charge in [-0.3, -0.25) is 4.90 Å². The molecule has 1 saturated heterocycles. The summed E-state index contributed by atoms with van der Waals surface area (Å²) in [6.45, 7) is 8.13. The number of para-hydroxylation sites is 1. The van der Waals surface area contributed by atoms with Crippen LogP contribution in [-0.4, -0.2) is 37.2 Å². The Balaban J connectivity index is 1.97. The van der Waals surface area contributed by atoms with E-state index in [1.54, 1.807) is 0 Å². The molecule has 3 N–H and O–H groups in total. The SMILES string of the molecule is CCOc1cccc(NCC2CCCN2CC)c1N. The summed E-state index contributed by atoms with van der Waals surface area (Å²) in [6, 6.07) is 6.54. The monoisotopic (exact) mass is 263 g/mol. The van der Waals surface area contributed by atoms with Crippen molar-refractivity contribution in [3.63, 3.8) is 0 Å². The highest BCUT2D eigenvalue weighted by Gasteiger charge is 2.22. The molecule has 19 heavy (non-hydrogen) atoms. The molecule has 0 radical (unpaired) electrons. The fraction of sp³-hybridized carbons (Fsp3) is 0.600. The van der Waals surface area contributed by atoms with Gasteiger partial charge in [-0.05, 0) is 45.0 Å². The first-order chi connectivity index (χ1) is 9.26. The molecule has 4 heteroatoms. The van der Waals surface area contributed by atoms with Crippen molar-refractivity contribution in [2.75, 3.05) is 37.3 Å². The summed E-state index contributed by atoms with van der Waals surface area (Å²) in [5.74, 6) is 0.770. The van der Waals surface area contributed by atoms with E-state index in [1.165, 1.54) is 19.4 Å². The molecule has 1 heterocycles. The van der Waals surface area contributed by atoms with Gasteiger partial charge in [-0.15, -0.1) is 0 Å². The number of benzene rings is 1. The molecule has 1 fully saturated rings. The molecule has 2 rings (SSSR count). The molecule has 0 spiro atoms. The number of ether oxygens (including phenoxy) is 1. The highest BCUT2D eigenvalue weighted by molar-refractivity contribution is 5.72. The highest BCUT2D eigenvalue weighted by atomic mass is 16.5. The first-order valence-electron chi connectivity index (χ1n) is 7.25. The maximum atomic E-state index is 6.12. The van der Waals surface area contributed by atoms with Crippen molar-refractivity contribution >= 4 is 11.4 Å². The van der Waals surface area contributed by atoms with Crippen LogP contribution in [0.3, 0.4) is 0 Å². The predicted molar refractivity (Wildman–Crippen MR) is 80.8 cm³/mol. The summed E-state index contributed by atoms with van der Waals surface area (Å²) in [4.78, 5) is 2.52. The van der Waals surface area contributed by atoms with Crippen molar-refractivity contribution in [1.29, 1.82) is 0 Å². The van der Waals surface area contributed by atoms with E-state index in [0.29, 0.717) is 18.3 Å². The van der Waals surface area contributed by atoms with E-state index in [0.717, 1.165) is 24.5 Å². The van der Waals surface area contributed by atoms with Gasteiger partial charge in [-0.1, -0.05) is 13.0 Å². The van der Waals surface area contributed by atoms with Crippen molar-refractivity contribution < 1.29 is 4.74 Å². The molecule has 1 aliphatic rings. The molecule has 1 aromatic rings. The Labute approximate surface area is 115 Å². The lowest BCUT2D eigenvalue weighted by molar-refractivity contribution is 0.277. The van der Waals surface area contributed by atoms with Crippen LogP contribution in [-0.2, 0) is 0 Å². The van der Waals surface area contributed by atoms with Gasteiger partial charge in [0.15, 0.2) is 0 Å². The van der Waals surface area contributed by atoms with Crippen LogP contribution >= 0.6 is 0 Å². The van der Waals surface area contributed by atoms with Gasteiger partial charge in [0.05, 0.1) is 18.0 Å². The normalized spacial score (nSPS) is 19.6. The van der Waals surface area contributed by atoms with Crippen LogP contribution in [0, 0.1) is 0 Å². The number of anilines is 2. The van der Waals surface area contributed by atoms with Crippen LogP contribution in [0.4, 0.5) is 11.4 Å². The zero-order valence-corrected chi connectivity index (χ0v) is 12.0. The summed E-state index contributed by atoms with van der Waals surface area (Å²) in [5, 5.41) is 3.47. The Hall–Kier alpha value is -1.42. The smallest absolute Gasteiger partial charge is 0.144 e. The standard InChI is InChI=1S/C15H25N3O/c1-3-18-10-6-7-12(18)11-17-13-8-5-9-14(15(13)16)19-4-2/h5,8-9,12,17H,3-4,6-7,10-11,16H2,1-2H3. The maximum absolute atomic E-state index is 6.12. The van der Waals surface area contributed by atoms with Gasteiger partial charge < -0.3 is 15.8 Å². The lowest BCUT2D eigenvalue weighted by Gasteiger charge is -2.24. The molecule has 1 unspecified atom stereocenters. The molecule has 1 atom stereocenters. The quantitative estimate of drug-likeness (QED) is 0.775. The van der Waals surface area contributed by atoms with E-state index in [2.05, 4.69) is 17.1 Å². The summed E-state index contributed by atoms with van der Waals surface area (Å²) < 4.78 is 5.52. The van der Waals surface area contributed by atoms with E-state index < -0.39 is 0 Å². The zero-order chi connectivity index (χ0) is 13.7. The van der Waals surface area contributed by atoms with Gasteiger partial charge in [-0.25, -0.2) is 0 Å². The van der Waals surface area contributed by atoms with Crippen LogP contribution < -0.4 is 15.8 Å². The molecule has 0 bridgehead atoms. The maximum Gasteiger partial charge on any atom is 0.144 e. The molecule has 1 aliphatic heterocycles. The molecule has 0 aliphatic carbocycles. The van der Waals surface area contributed by atoms with Crippen LogP contribution in [0.15, 0.2) is 18.2 Å². The number of nitrogens with zero attached hydrogens (tertiary/aromatic N) is 1. The Morgan fingerprint density at radius 1 is 1.42 bits per heavy atom. The molecule has 4 nitrogen and oxygen atoms in total. The molecular weight excluding hydrogens is 238 g/mol. The lowest BCUT2D eigenvalue weighted by Crippen LogP contribution is -2.34. The molecule has 1 aromatic carbocycles. The third kappa shape index (κ3) is 3.32. The van der Waals surface area contributed by atoms with Gasteiger partial charge in [0.2, 0.25) is 0 Å². The molecule has 0 amide bonds. The number of rotatable bonds is 6. The average molecular weight is 263 g/mol. The predicted octanol–water partition coefficient (Wildman–Crippen LogP) is 2.56. The number of nitrogens with one attached hydrogen (secondary N) is 1. The third-order valence-corrected chi connectivity index (χ3v) is 3.80. The van der Waals surface area contributed by atoms with Crippen molar-refractivity contribution in [2.24, 2.45) is 0 Å². The van der Waals surface area contributed by atoms with Crippen molar-refractivity contribution in [3.05, 3.63) is 18.2 Å². The van der Waals surface area contributed by atoms with Gasteiger partial charge >= 0.3 is 0 Å². The van der Waals surface area contributed by atoms with Gasteiger partial charge in [-0.2, -0.15) is 0 Å². The Kier molecular flexibility index (Phi) is 4.91. The summed E-state index contributed by atoms with van der Waals surface area (Å²) in [6.07, 6.45) is 2.57. The number of hydrogen-bond acceptors (Lipinski definition) is 4. The minimum atomic E-state index is 0.625. The van der Waals surface area contributed by atoms with Crippen molar-refractivity contribution in [3.8, 4) is 5.75 Å². The topological polar surface area (TPSA) is 50.5 Å². The molecule has 0 saturated carbocycles. The molecule has 0 aromatic heterocycles. The van der Waals surface area contributed by atoms with E-state index in [1.807, 2.05) is 25.1 Å². The fourth-order valence-electron chi connectivity index (χ4n) is 2.75. The zero-order valence-electron chi connectivity index (χ0n) is 12.0. The van der Waals surface area contributed by atoms with Crippen LogP contribution in [0.2, 0.25) is 0 Å². The first kappa shape index (κ1) is 14.0. The Morgan fingerprint density at radius 2 is 2.26 bits per heavy atom. The number of likely N-dealkylation sites (tertiary alicyclic amines) is 1. The minimum Gasteiger partial charge on any atom is -0.492 e. The van der Waals surface area contributed by atoms with E-state index in [4.69, 9.17) is 10.5 Å². The van der Waals surface area contributed by atoms with Crippen LogP contribution in [0.1, 0.15) is 26.7 Å². The van der Waals surface area contributed by atoms with Gasteiger partial charge in [0.25, 0.3) is 0 Å². The van der Waals surface area contributed by atoms with Crippen molar-refractivity contribution in [2.45, 2.75) is 32.7 Å². The van der Waals surface area contributed by atoms with Gasteiger partial charge in [0, 0.05) is 12.6 Å². The number of hydrogen-bond donors (Lipinski definition) is 2. The van der Waals surface area contributed by atoms with E-state index in [9.17, 15) is 0 Å². The largest absolute Gasteiger partial charge is 0.492 e. The minimum absolute atomic E-state index is 0.625. The van der Waals surface area contributed by atoms with Crippen LogP contribution in [0.25, 0.3) is 0 Å². The molecule has 106 valence electrons.